The first-order chi connectivity index (χ1) is 18.7. The van der Waals surface area contributed by atoms with Gasteiger partial charge in [0.05, 0.1) is 23.0 Å². The van der Waals surface area contributed by atoms with Gasteiger partial charge in [0.2, 0.25) is 0 Å². The van der Waals surface area contributed by atoms with Crippen LogP contribution in [0, 0.1) is 6.92 Å². The summed E-state index contributed by atoms with van der Waals surface area (Å²) in [6.07, 6.45) is 5.83. The Labute approximate surface area is 246 Å². The molecule has 1 saturated carbocycles. The number of ether oxygens (including phenoxy) is 1. The lowest BCUT2D eigenvalue weighted by Gasteiger charge is -2.33. The van der Waals surface area contributed by atoms with Gasteiger partial charge >= 0.3 is 5.97 Å². The van der Waals surface area contributed by atoms with Gasteiger partial charge in [-0.1, -0.05) is 43.0 Å². The van der Waals surface area contributed by atoms with Gasteiger partial charge in [-0.3, -0.25) is 9.78 Å². The van der Waals surface area contributed by atoms with Gasteiger partial charge in [-0.15, -0.1) is 12.4 Å². The summed E-state index contributed by atoms with van der Waals surface area (Å²) in [6.45, 7) is 3.35. The molecule has 0 aliphatic heterocycles. The monoisotopic (exact) mass is 586 g/mol. The molecule has 2 N–H and O–H groups in total. The van der Waals surface area contributed by atoms with Crippen LogP contribution < -0.4 is 10.1 Å². The Bertz CT molecular complexity index is 1340. The molecule has 0 bridgehead atoms. The van der Waals surface area contributed by atoms with Crippen molar-refractivity contribution in [1.29, 1.82) is 0 Å². The molecule has 1 aliphatic carbocycles. The Balaban J connectivity index is 0.00000441. The molecule has 1 aliphatic rings. The molecular formula is C30H36Cl2N4O4. The van der Waals surface area contributed by atoms with E-state index in [2.05, 4.69) is 15.2 Å². The van der Waals surface area contributed by atoms with E-state index in [0.717, 1.165) is 49.0 Å². The van der Waals surface area contributed by atoms with Gasteiger partial charge < -0.3 is 20.1 Å². The molecule has 0 saturated heterocycles. The SMILES string of the molecule is Cc1cccnc1-c1ccc(C(=O)NC2(C(=O)O)CCCCC2)nc1-c1ccc(Cl)c(OCCCN(C)C)c1.Cl. The molecule has 1 aromatic carbocycles. The molecule has 214 valence electrons. The fourth-order valence-electron chi connectivity index (χ4n) is 4.92. The van der Waals surface area contributed by atoms with Crippen molar-refractivity contribution in [2.24, 2.45) is 0 Å². The number of aromatic nitrogens is 2. The third-order valence-corrected chi connectivity index (χ3v) is 7.39. The number of aliphatic carboxylic acids is 1. The number of nitrogens with one attached hydrogen (secondary N) is 1. The lowest BCUT2D eigenvalue weighted by molar-refractivity contribution is -0.145. The largest absolute Gasteiger partial charge is 0.492 e. The summed E-state index contributed by atoms with van der Waals surface area (Å²) in [7, 11) is 4.02. The molecule has 0 atom stereocenters. The molecule has 8 nitrogen and oxygen atoms in total. The number of benzene rings is 1. The number of pyridine rings is 2. The van der Waals surface area contributed by atoms with E-state index in [1.54, 1.807) is 18.3 Å². The minimum Gasteiger partial charge on any atom is -0.492 e. The second-order valence-electron chi connectivity index (χ2n) is 10.3. The Kier molecular flexibility index (Phi) is 10.9. The first-order valence-electron chi connectivity index (χ1n) is 13.3. The van der Waals surface area contributed by atoms with Crippen molar-refractivity contribution >= 4 is 35.9 Å². The smallest absolute Gasteiger partial charge is 0.329 e. The van der Waals surface area contributed by atoms with Gasteiger partial charge in [0.15, 0.2) is 0 Å². The van der Waals surface area contributed by atoms with E-state index in [4.69, 9.17) is 21.3 Å². The number of nitrogens with zero attached hydrogens (tertiary/aromatic N) is 3. The zero-order valence-electron chi connectivity index (χ0n) is 23.1. The predicted octanol–water partition coefficient (Wildman–Crippen LogP) is 6.04. The second-order valence-corrected chi connectivity index (χ2v) is 10.7. The van der Waals surface area contributed by atoms with Crippen LogP contribution in [-0.4, -0.2) is 64.6 Å². The molecule has 0 spiro atoms. The number of rotatable bonds is 10. The number of halogens is 2. The molecule has 0 radical (unpaired) electrons. The lowest BCUT2D eigenvalue weighted by Crippen LogP contribution is -2.55. The fourth-order valence-corrected chi connectivity index (χ4v) is 5.09. The molecular weight excluding hydrogens is 551 g/mol. The number of carbonyl (C=O) groups is 2. The normalized spacial score (nSPS) is 14.3. The van der Waals surface area contributed by atoms with E-state index in [-0.39, 0.29) is 18.1 Å². The van der Waals surface area contributed by atoms with E-state index in [0.29, 0.717) is 41.5 Å². The van der Waals surface area contributed by atoms with E-state index >= 15 is 0 Å². The zero-order valence-corrected chi connectivity index (χ0v) is 24.6. The van der Waals surface area contributed by atoms with Gasteiger partial charge in [0, 0.05) is 23.9 Å². The van der Waals surface area contributed by atoms with E-state index in [1.165, 1.54) is 0 Å². The Morgan fingerprint density at radius 1 is 1.10 bits per heavy atom. The third-order valence-electron chi connectivity index (χ3n) is 7.07. The van der Waals surface area contributed by atoms with Crippen molar-refractivity contribution in [3.8, 4) is 28.3 Å². The summed E-state index contributed by atoms with van der Waals surface area (Å²) >= 11 is 6.45. The highest BCUT2D eigenvalue weighted by molar-refractivity contribution is 6.32. The van der Waals surface area contributed by atoms with Crippen LogP contribution in [-0.2, 0) is 4.79 Å². The van der Waals surface area contributed by atoms with Gasteiger partial charge in [0.25, 0.3) is 5.91 Å². The average molecular weight is 588 g/mol. The standard InChI is InChI=1S/C30H35ClN4O4.ClH/c1-20-9-7-16-32-26(20)22-11-13-24(28(36)34-30(29(37)38)14-5-4-6-15-30)33-27(22)21-10-12-23(31)25(19-21)39-18-8-17-35(2)3;/h7,9-13,16,19H,4-6,8,14-15,17-18H2,1-3H3,(H,34,36)(H,37,38);1H. The van der Waals surface area contributed by atoms with Gasteiger partial charge in [-0.2, -0.15) is 0 Å². The van der Waals surface area contributed by atoms with Crippen LogP contribution in [0.5, 0.6) is 5.75 Å². The predicted molar refractivity (Wildman–Crippen MR) is 159 cm³/mol. The number of hydrogen-bond acceptors (Lipinski definition) is 6. The Hall–Kier alpha value is -3.20. The van der Waals surface area contributed by atoms with Gasteiger partial charge in [-0.25, -0.2) is 9.78 Å². The summed E-state index contributed by atoms with van der Waals surface area (Å²) < 4.78 is 5.99. The average Bonchev–Trinajstić information content (AvgIpc) is 2.92. The number of amides is 1. The van der Waals surface area contributed by atoms with E-state index < -0.39 is 17.4 Å². The molecule has 0 unspecified atom stereocenters. The summed E-state index contributed by atoms with van der Waals surface area (Å²) in [5.74, 6) is -0.996. The molecule has 40 heavy (non-hydrogen) atoms. The van der Waals surface area contributed by atoms with Crippen molar-refractivity contribution in [3.63, 3.8) is 0 Å². The fraction of sp³-hybridized carbons (Fsp3) is 0.400. The Morgan fingerprint density at radius 3 is 2.52 bits per heavy atom. The van der Waals surface area contributed by atoms with Crippen LogP contribution >= 0.6 is 24.0 Å². The highest BCUT2D eigenvalue weighted by atomic mass is 35.5. The van der Waals surface area contributed by atoms with E-state index in [9.17, 15) is 14.7 Å². The molecule has 10 heteroatoms. The van der Waals surface area contributed by atoms with Crippen LogP contribution in [0.4, 0.5) is 0 Å². The molecule has 2 heterocycles. The molecule has 2 aromatic heterocycles. The van der Waals surface area contributed by atoms with Crippen molar-refractivity contribution in [2.45, 2.75) is 51.0 Å². The van der Waals surface area contributed by atoms with Crippen LogP contribution in [0.1, 0.15) is 54.6 Å². The van der Waals surface area contributed by atoms with Crippen molar-refractivity contribution in [3.05, 3.63) is 64.9 Å². The van der Waals surface area contributed by atoms with Crippen LogP contribution in [0.15, 0.2) is 48.7 Å². The summed E-state index contributed by atoms with van der Waals surface area (Å²) in [5.41, 5.74) is 2.55. The van der Waals surface area contributed by atoms with Gasteiger partial charge in [0.1, 0.15) is 17.0 Å². The number of carboxylic acids is 1. The first kappa shape index (κ1) is 31.3. The molecule has 3 aromatic rings. The number of aryl methyl sites for hydroxylation is 1. The molecule has 4 rings (SSSR count). The second kappa shape index (κ2) is 13.9. The first-order valence-corrected chi connectivity index (χ1v) is 13.6. The van der Waals surface area contributed by atoms with Crippen LogP contribution in [0.25, 0.3) is 22.5 Å². The van der Waals surface area contributed by atoms with Crippen LogP contribution in [0.2, 0.25) is 5.02 Å². The number of hydrogen-bond donors (Lipinski definition) is 2. The van der Waals surface area contributed by atoms with Crippen molar-refractivity contribution in [1.82, 2.24) is 20.2 Å². The maximum Gasteiger partial charge on any atom is 0.329 e. The van der Waals surface area contributed by atoms with Crippen LogP contribution in [0.3, 0.4) is 0 Å². The summed E-state index contributed by atoms with van der Waals surface area (Å²) in [6, 6.07) is 12.7. The highest BCUT2D eigenvalue weighted by Crippen LogP contribution is 2.36. The number of carbonyl (C=O) groups excluding carboxylic acids is 1. The third kappa shape index (κ3) is 7.30. The minimum absolute atomic E-state index is 0. The van der Waals surface area contributed by atoms with E-state index in [1.807, 2.05) is 51.4 Å². The highest BCUT2D eigenvalue weighted by Gasteiger charge is 2.41. The Morgan fingerprint density at radius 2 is 1.85 bits per heavy atom. The number of carboxylic acid groups (broad SMARTS) is 1. The summed E-state index contributed by atoms with van der Waals surface area (Å²) in [5, 5.41) is 13.2. The van der Waals surface area contributed by atoms with Crippen molar-refractivity contribution < 1.29 is 19.4 Å². The molecule has 1 amide bonds. The molecule has 1 fully saturated rings. The topological polar surface area (TPSA) is 105 Å². The zero-order chi connectivity index (χ0) is 28.0. The quantitative estimate of drug-likeness (QED) is 0.279. The maximum absolute atomic E-state index is 13.4. The van der Waals surface area contributed by atoms with Crippen molar-refractivity contribution in [2.75, 3.05) is 27.2 Å². The minimum atomic E-state index is -1.28. The summed E-state index contributed by atoms with van der Waals surface area (Å²) in [4.78, 5) is 36.9. The lowest BCUT2D eigenvalue weighted by atomic mass is 9.81. The maximum atomic E-state index is 13.4. The van der Waals surface area contributed by atoms with Gasteiger partial charge in [-0.05, 0) is 76.2 Å².